The van der Waals surface area contributed by atoms with E-state index >= 15 is 4.57 Å². The monoisotopic (exact) mass is 801 g/mol. The SMILES string of the molecule is CCCCCCCCOc1ccc(N(c2ccc(-c3ccccc3)cc2)c2ccc(-c3ccc(P(=O)(c4ccccc4)c4ccc(-c5ccccc5)cc4)cc3)cc2)cc1. The number of unbranched alkanes of at least 4 members (excludes halogenated alkanes) is 5. The maximum atomic E-state index is 15.3. The molecule has 0 aromatic heterocycles. The topological polar surface area (TPSA) is 29.5 Å². The lowest BCUT2D eigenvalue weighted by Gasteiger charge is -2.26. The molecular formula is C56H52NO2P. The Morgan fingerprint density at radius 3 is 1.13 bits per heavy atom. The van der Waals surface area contributed by atoms with Gasteiger partial charge < -0.3 is 14.2 Å². The highest BCUT2D eigenvalue weighted by Gasteiger charge is 2.29. The number of anilines is 3. The van der Waals surface area contributed by atoms with Crippen molar-refractivity contribution < 1.29 is 9.30 Å². The van der Waals surface area contributed by atoms with E-state index in [4.69, 9.17) is 4.74 Å². The molecule has 0 radical (unpaired) electrons. The lowest BCUT2D eigenvalue weighted by Crippen LogP contribution is -2.24. The molecule has 0 amide bonds. The number of rotatable bonds is 17. The van der Waals surface area contributed by atoms with Gasteiger partial charge in [-0.15, -0.1) is 0 Å². The van der Waals surface area contributed by atoms with Gasteiger partial charge in [-0.3, -0.25) is 0 Å². The summed E-state index contributed by atoms with van der Waals surface area (Å²) in [7, 11) is -3.14. The standard InChI is InChI=1S/C56H52NO2P/c1-2-3-4-5-6-16-43-59-53-37-35-52(36-38-53)57(50-31-23-46(24-32-50)44-17-10-7-11-18-44)51-33-25-47(26-34-51)49-29-41-56(42-30-49)60(58,54-21-14-9-15-22-54)55-39-27-48(28-40-55)45-19-12-8-13-20-45/h7-15,17-42H,2-6,16,43H2,1H3. The summed E-state index contributed by atoms with van der Waals surface area (Å²) in [6.45, 7) is 2.99. The van der Waals surface area contributed by atoms with Crippen LogP contribution in [0.4, 0.5) is 17.1 Å². The Bertz CT molecular complexity index is 2570. The van der Waals surface area contributed by atoms with Crippen LogP contribution in [-0.4, -0.2) is 6.61 Å². The minimum atomic E-state index is -3.14. The molecule has 8 aromatic rings. The van der Waals surface area contributed by atoms with E-state index in [-0.39, 0.29) is 0 Å². The fraction of sp³-hybridized carbons (Fsp3) is 0.143. The zero-order chi connectivity index (χ0) is 41.0. The van der Waals surface area contributed by atoms with E-state index in [0.29, 0.717) is 0 Å². The molecule has 0 heterocycles. The first-order valence-electron chi connectivity index (χ1n) is 21.3. The van der Waals surface area contributed by atoms with E-state index in [2.05, 4.69) is 145 Å². The van der Waals surface area contributed by atoms with Crippen LogP contribution in [0.3, 0.4) is 0 Å². The van der Waals surface area contributed by atoms with Crippen LogP contribution in [0.15, 0.2) is 212 Å². The second-order valence-corrected chi connectivity index (χ2v) is 18.1. The first-order valence-corrected chi connectivity index (χ1v) is 23.0. The van der Waals surface area contributed by atoms with Gasteiger partial charge in [0.1, 0.15) is 5.75 Å². The lowest BCUT2D eigenvalue weighted by molar-refractivity contribution is 0.304. The van der Waals surface area contributed by atoms with Crippen molar-refractivity contribution in [3.8, 4) is 39.1 Å². The normalized spacial score (nSPS) is 12.1. The molecule has 0 fully saturated rings. The van der Waals surface area contributed by atoms with Gasteiger partial charge in [-0.05, 0) is 88.3 Å². The second kappa shape index (κ2) is 19.6. The predicted molar refractivity (Wildman–Crippen MR) is 256 cm³/mol. The largest absolute Gasteiger partial charge is 0.494 e. The summed E-state index contributed by atoms with van der Waals surface area (Å²) in [5, 5.41) is 2.45. The van der Waals surface area contributed by atoms with Crippen molar-refractivity contribution in [1.29, 1.82) is 0 Å². The van der Waals surface area contributed by atoms with Crippen molar-refractivity contribution >= 4 is 40.1 Å². The molecule has 8 aromatic carbocycles. The van der Waals surface area contributed by atoms with Crippen LogP contribution in [0, 0.1) is 0 Å². The minimum absolute atomic E-state index is 0.740. The Morgan fingerprint density at radius 1 is 0.367 bits per heavy atom. The summed E-state index contributed by atoms with van der Waals surface area (Å²) in [5.74, 6) is 0.895. The van der Waals surface area contributed by atoms with Gasteiger partial charge in [0.05, 0.1) is 6.61 Å². The summed E-state index contributed by atoms with van der Waals surface area (Å²) in [6.07, 6.45) is 7.46. The third-order valence-electron chi connectivity index (χ3n) is 11.2. The highest BCUT2D eigenvalue weighted by atomic mass is 31.2. The van der Waals surface area contributed by atoms with Crippen LogP contribution in [0.2, 0.25) is 0 Å². The molecule has 0 aliphatic rings. The highest BCUT2D eigenvalue weighted by molar-refractivity contribution is 7.85. The zero-order valence-corrected chi connectivity index (χ0v) is 35.3. The van der Waals surface area contributed by atoms with Crippen LogP contribution >= 0.6 is 7.14 Å². The maximum absolute atomic E-state index is 15.3. The van der Waals surface area contributed by atoms with E-state index in [9.17, 15) is 0 Å². The molecule has 0 bridgehead atoms. The first-order chi connectivity index (χ1) is 29.6. The summed E-state index contributed by atoms with van der Waals surface area (Å²) < 4.78 is 21.5. The number of hydrogen-bond donors (Lipinski definition) is 0. The van der Waals surface area contributed by atoms with Gasteiger partial charge in [-0.25, -0.2) is 0 Å². The molecule has 60 heavy (non-hydrogen) atoms. The second-order valence-electron chi connectivity index (χ2n) is 15.3. The van der Waals surface area contributed by atoms with Crippen molar-refractivity contribution in [2.75, 3.05) is 11.5 Å². The van der Waals surface area contributed by atoms with Crippen LogP contribution in [0.5, 0.6) is 5.75 Å². The Morgan fingerprint density at radius 2 is 0.700 bits per heavy atom. The molecule has 4 heteroatoms. The van der Waals surface area contributed by atoms with Gasteiger partial charge in [-0.1, -0.05) is 203 Å². The van der Waals surface area contributed by atoms with Crippen molar-refractivity contribution in [3.05, 3.63) is 212 Å². The Hall–Kier alpha value is -6.41. The highest BCUT2D eigenvalue weighted by Crippen LogP contribution is 2.43. The number of nitrogens with zero attached hydrogens (tertiary/aromatic N) is 1. The van der Waals surface area contributed by atoms with Crippen molar-refractivity contribution in [2.45, 2.75) is 45.4 Å². The molecule has 0 N–H and O–H groups in total. The van der Waals surface area contributed by atoms with Gasteiger partial charge >= 0.3 is 0 Å². The molecule has 8 rings (SSSR count). The Labute approximate surface area is 356 Å². The molecule has 298 valence electrons. The molecule has 0 saturated heterocycles. The smallest absolute Gasteiger partial charge is 0.171 e. The summed E-state index contributed by atoms with van der Waals surface area (Å²) >= 11 is 0. The van der Waals surface area contributed by atoms with E-state index in [0.717, 1.165) is 74.0 Å². The summed E-state index contributed by atoms with van der Waals surface area (Å²) in [4.78, 5) is 2.29. The maximum Gasteiger partial charge on any atom is 0.171 e. The molecular weight excluding hydrogens is 750 g/mol. The van der Waals surface area contributed by atoms with Crippen molar-refractivity contribution in [1.82, 2.24) is 0 Å². The summed E-state index contributed by atoms with van der Waals surface area (Å²) in [6, 6.07) is 73.1. The number of ether oxygens (including phenoxy) is 1. The molecule has 0 saturated carbocycles. The third kappa shape index (κ3) is 9.39. The lowest BCUT2D eigenvalue weighted by atomic mass is 10.0. The average Bonchev–Trinajstić information content (AvgIpc) is 3.33. The van der Waals surface area contributed by atoms with E-state index in [1.54, 1.807) is 0 Å². The quantitative estimate of drug-likeness (QED) is 0.0678. The Balaban J connectivity index is 1.05. The van der Waals surface area contributed by atoms with Gasteiger partial charge in [-0.2, -0.15) is 0 Å². The number of benzene rings is 8. The molecule has 0 spiro atoms. The van der Waals surface area contributed by atoms with Crippen molar-refractivity contribution in [2.24, 2.45) is 0 Å². The summed E-state index contributed by atoms with van der Waals surface area (Å²) in [5.41, 5.74) is 9.94. The average molecular weight is 802 g/mol. The molecule has 1 unspecified atom stereocenters. The van der Waals surface area contributed by atoms with E-state index in [1.165, 1.54) is 43.2 Å². The Kier molecular flexibility index (Phi) is 13.2. The van der Waals surface area contributed by atoms with Crippen LogP contribution in [0.1, 0.15) is 45.4 Å². The molecule has 3 nitrogen and oxygen atoms in total. The zero-order valence-electron chi connectivity index (χ0n) is 34.4. The van der Waals surface area contributed by atoms with Gasteiger partial charge in [0, 0.05) is 33.0 Å². The van der Waals surface area contributed by atoms with Gasteiger partial charge in [0.25, 0.3) is 0 Å². The van der Waals surface area contributed by atoms with Crippen LogP contribution in [-0.2, 0) is 4.57 Å². The van der Waals surface area contributed by atoms with E-state index < -0.39 is 7.14 Å². The fourth-order valence-electron chi connectivity index (χ4n) is 7.89. The van der Waals surface area contributed by atoms with Crippen LogP contribution < -0.4 is 25.6 Å². The molecule has 0 aliphatic heterocycles. The van der Waals surface area contributed by atoms with Gasteiger partial charge in [0.15, 0.2) is 7.14 Å². The van der Waals surface area contributed by atoms with Crippen LogP contribution in [0.25, 0.3) is 33.4 Å². The molecule has 1 atom stereocenters. The third-order valence-corrected chi connectivity index (χ3v) is 14.3. The number of hydrogen-bond acceptors (Lipinski definition) is 3. The molecule has 0 aliphatic carbocycles. The fourth-order valence-corrected chi connectivity index (χ4v) is 10.5. The van der Waals surface area contributed by atoms with Gasteiger partial charge in [0.2, 0.25) is 0 Å². The predicted octanol–water partition coefficient (Wildman–Crippen LogP) is 14.5. The minimum Gasteiger partial charge on any atom is -0.494 e. The van der Waals surface area contributed by atoms with Crippen molar-refractivity contribution in [3.63, 3.8) is 0 Å². The van der Waals surface area contributed by atoms with E-state index in [1.807, 2.05) is 78.9 Å². The first kappa shape index (κ1) is 40.4.